The van der Waals surface area contributed by atoms with Gasteiger partial charge in [0.15, 0.2) is 0 Å². The summed E-state index contributed by atoms with van der Waals surface area (Å²) < 4.78 is 45.5. The van der Waals surface area contributed by atoms with Gasteiger partial charge in [-0.05, 0) is 54.7 Å². The van der Waals surface area contributed by atoms with Crippen LogP contribution in [-0.2, 0) is 17.4 Å². The minimum atomic E-state index is -4.41. The minimum Gasteiger partial charge on any atom is -0.497 e. The number of carbonyl (C=O) groups excluding carboxylic acids is 1. The van der Waals surface area contributed by atoms with Gasteiger partial charge in [-0.3, -0.25) is 4.79 Å². The summed E-state index contributed by atoms with van der Waals surface area (Å²) in [7, 11) is 1.63. The van der Waals surface area contributed by atoms with Crippen LogP contribution in [0.3, 0.4) is 0 Å². The van der Waals surface area contributed by atoms with Gasteiger partial charge in [0.25, 0.3) is 0 Å². The molecule has 2 unspecified atom stereocenters. The Hall–Kier alpha value is -2.90. The fourth-order valence-corrected chi connectivity index (χ4v) is 4.96. The van der Waals surface area contributed by atoms with Gasteiger partial charge in [-0.25, -0.2) is 0 Å². The highest BCUT2D eigenvalue weighted by Gasteiger charge is 2.42. The third-order valence-electron chi connectivity index (χ3n) is 6.82. The largest absolute Gasteiger partial charge is 0.497 e. The number of carbonyl (C=O) groups is 1. The summed E-state index contributed by atoms with van der Waals surface area (Å²) in [5.74, 6) is 0.691. The summed E-state index contributed by atoms with van der Waals surface area (Å²) in [5.41, 5.74) is 1.73. The molecule has 2 aromatic rings. The number of fused-ring (bicyclic) bond motifs is 3. The Bertz CT molecular complexity index is 1020. The van der Waals surface area contributed by atoms with Crippen LogP contribution in [0.1, 0.15) is 31.4 Å². The number of ether oxygens (including phenoxy) is 1. The Morgan fingerprint density at radius 1 is 1.18 bits per heavy atom. The number of hydrogen-bond donors (Lipinski definition) is 1. The number of nitrogens with one attached hydrogen (secondary N) is 1. The smallest absolute Gasteiger partial charge is 0.416 e. The van der Waals surface area contributed by atoms with E-state index in [9.17, 15) is 18.0 Å². The molecule has 2 heterocycles. The molecule has 0 spiro atoms. The summed E-state index contributed by atoms with van der Waals surface area (Å²) in [5, 5.41) is 3.04. The van der Waals surface area contributed by atoms with Crippen LogP contribution in [0.25, 0.3) is 0 Å². The quantitative estimate of drug-likeness (QED) is 0.655. The monoisotopic (exact) mass is 475 g/mol. The van der Waals surface area contributed by atoms with Crippen LogP contribution in [0, 0.1) is 11.8 Å². The van der Waals surface area contributed by atoms with Gasteiger partial charge in [0, 0.05) is 43.6 Å². The zero-order valence-electron chi connectivity index (χ0n) is 19.9. The number of nitrogens with zero attached hydrogens (tertiary/aromatic N) is 2. The lowest BCUT2D eigenvalue weighted by molar-refractivity contribution is -0.137. The van der Waals surface area contributed by atoms with Crippen LogP contribution in [0.15, 0.2) is 42.5 Å². The summed E-state index contributed by atoms with van der Waals surface area (Å²) in [6, 6.07) is 11.6. The van der Waals surface area contributed by atoms with Crippen LogP contribution in [-0.4, -0.2) is 45.2 Å². The van der Waals surface area contributed by atoms with Crippen molar-refractivity contribution in [3.8, 4) is 5.75 Å². The van der Waals surface area contributed by atoms with E-state index in [4.69, 9.17) is 4.74 Å². The van der Waals surface area contributed by atoms with Crippen molar-refractivity contribution in [2.75, 3.05) is 43.1 Å². The minimum absolute atomic E-state index is 0.0915. The number of rotatable bonds is 6. The zero-order valence-corrected chi connectivity index (χ0v) is 19.9. The average molecular weight is 476 g/mol. The zero-order chi connectivity index (χ0) is 24.5. The van der Waals surface area contributed by atoms with Crippen molar-refractivity contribution in [1.29, 1.82) is 0 Å². The molecule has 1 N–H and O–H groups in total. The Morgan fingerprint density at radius 2 is 1.97 bits per heavy atom. The summed E-state index contributed by atoms with van der Waals surface area (Å²) in [6.07, 6.45) is -3.26. The fourth-order valence-electron chi connectivity index (χ4n) is 4.96. The second-order valence-corrected chi connectivity index (χ2v) is 9.53. The maximum absolute atomic E-state index is 13.4. The molecule has 34 heavy (non-hydrogen) atoms. The second-order valence-electron chi connectivity index (χ2n) is 9.53. The third kappa shape index (κ3) is 5.10. The highest BCUT2D eigenvalue weighted by Crippen LogP contribution is 2.40. The predicted molar refractivity (Wildman–Crippen MR) is 127 cm³/mol. The van der Waals surface area contributed by atoms with Crippen molar-refractivity contribution in [3.05, 3.63) is 53.6 Å². The fraction of sp³-hybridized carbons (Fsp3) is 0.500. The van der Waals surface area contributed by atoms with E-state index in [1.165, 1.54) is 6.07 Å². The SMILES string of the molecule is COc1cccc(N2CCN3c4ccc(C(F)(F)F)cc4CC(C(=O)NCCC(C)C)C3C2)c1. The lowest BCUT2D eigenvalue weighted by atomic mass is 9.82. The van der Waals surface area contributed by atoms with E-state index in [2.05, 4.69) is 29.0 Å². The van der Waals surface area contributed by atoms with Crippen LogP contribution in [0.5, 0.6) is 5.75 Å². The molecule has 1 amide bonds. The second kappa shape index (κ2) is 9.76. The van der Waals surface area contributed by atoms with Crippen LogP contribution >= 0.6 is 0 Å². The third-order valence-corrected chi connectivity index (χ3v) is 6.82. The number of alkyl halides is 3. The predicted octanol–water partition coefficient (Wildman–Crippen LogP) is 4.74. The number of methoxy groups -OCH3 is 1. The lowest BCUT2D eigenvalue weighted by Gasteiger charge is -2.49. The number of halogens is 3. The Balaban J connectivity index is 1.63. The Kier molecular flexibility index (Phi) is 6.96. The highest BCUT2D eigenvalue weighted by molar-refractivity contribution is 5.82. The van der Waals surface area contributed by atoms with Crippen molar-refractivity contribution in [3.63, 3.8) is 0 Å². The van der Waals surface area contributed by atoms with Crippen molar-refractivity contribution in [2.24, 2.45) is 11.8 Å². The molecule has 0 bridgehead atoms. The van der Waals surface area contributed by atoms with Gasteiger partial charge >= 0.3 is 6.18 Å². The highest BCUT2D eigenvalue weighted by atomic mass is 19.4. The molecule has 2 atom stereocenters. The van der Waals surface area contributed by atoms with Crippen molar-refractivity contribution >= 4 is 17.3 Å². The number of benzene rings is 2. The normalized spacial score (nSPS) is 20.1. The van der Waals surface area contributed by atoms with Gasteiger partial charge in [-0.2, -0.15) is 13.2 Å². The van der Waals surface area contributed by atoms with Gasteiger partial charge in [-0.1, -0.05) is 19.9 Å². The van der Waals surface area contributed by atoms with E-state index >= 15 is 0 Å². The van der Waals surface area contributed by atoms with E-state index in [1.807, 2.05) is 24.3 Å². The molecule has 8 heteroatoms. The molecule has 4 rings (SSSR count). The maximum Gasteiger partial charge on any atom is 0.416 e. The number of amides is 1. The molecule has 2 aliphatic heterocycles. The molecule has 184 valence electrons. The van der Waals surface area contributed by atoms with E-state index in [1.54, 1.807) is 13.2 Å². The van der Waals surface area contributed by atoms with Gasteiger partial charge < -0.3 is 19.9 Å². The first-order chi connectivity index (χ1) is 16.2. The van der Waals surface area contributed by atoms with Gasteiger partial charge in [0.2, 0.25) is 5.91 Å². The average Bonchev–Trinajstić information content (AvgIpc) is 2.82. The molecule has 0 saturated carbocycles. The summed E-state index contributed by atoms with van der Waals surface area (Å²) >= 11 is 0. The molecule has 0 aromatic heterocycles. The first-order valence-electron chi connectivity index (χ1n) is 11.8. The lowest BCUT2D eigenvalue weighted by Crippen LogP contribution is -2.61. The first kappa shape index (κ1) is 24.2. The summed E-state index contributed by atoms with van der Waals surface area (Å²) in [6.45, 7) is 6.68. The first-order valence-corrected chi connectivity index (χ1v) is 11.8. The maximum atomic E-state index is 13.4. The number of piperazine rings is 1. The number of hydrogen-bond acceptors (Lipinski definition) is 4. The summed E-state index contributed by atoms with van der Waals surface area (Å²) in [4.78, 5) is 17.6. The Labute approximate surface area is 198 Å². The molecule has 2 aromatic carbocycles. The Morgan fingerprint density at radius 3 is 2.68 bits per heavy atom. The van der Waals surface area contributed by atoms with Crippen LogP contribution in [0.2, 0.25) is 0 Å². The van der Waals surface area contributed by atoms with Gasteiger partial charge in [0.1, 0.15) is 5.75 Å². The van der Waals surface area contributed by atoms with Gasteiger partial charge in [-0.15, -0.1) is 0 Å². The van der Waals surface area contributed by atoms with Crippen molar-refractivity contribution in [2.45, 2.75) is 38.9 Å². The standard InChI is InChI=1S/C26H32F3N3O2/c1-17(2)9-10-30-25(33)22-14-18-13-19(26(27,28)29)7-8-23(18)32-12-11-31(16-24(22)32)20-5-4-6-21(15-20)34-3/h4-8,13,15,17,22,24H,9-12,14,16H2,1-3H3,(H,30,33). The van der Waals surface area contributed by atoms with E-state index in [0.717, 1.165) is 29.6 Å². The molecule has 0 radical (unpaired) electrons. The van der Waals surface area contributed by atoms with E-state index in [-0.39, 0.29) is 11.9 Å². The van der Waals surface area contributed by atoms with Gasteiger partial charge in [0.05, 0.1) is 24.6 Å². The molecular weight excluding hydrogens is 443 g/mol. The number of anilines is 2. The molecule has 0 aliphatic carbocycles. The molecular formula is C26H32F3N3O2. The molecule has 1 fully saturated rings. The molecule has 5 nitrogen and oxygen atoms in total. The molecule has 1 saturated heterocycles. The topological polar surface area (TPSA) is 44.8 Å². The van der Waals surface area contributed by atoms with Crippen molar-refractivity contribution < 1.29 is 22.7 Å². The van der Waals surface area contributed by atoms with E-state index < -0.39 is 17.7 Å². The van der Waals surface area contributed by atoms with Crippen molar-refractivity contribution in [1.82, 2.24) is 5.32 Å². The molecule has 2 aliphatic rings. The van der Waals surface area contributed by atoms with Crippen LogP contribution < -0.4 is 19.9 Å². The van der Waals surface area contributed by atoms with E-state index in [0.29, 0.717) is 44.1 Å². The van der Waals surface area contributed by atoms with Crippen LogP contribution in [0.4, 0.5) is 24.5 Å².